The number of methoxy groups -OCH3 is 1. The maximum atomic E-state index is 12.2. The van der Waals surface area contributed by atoms with Crippen LogP contribution in [0.3, 0.4) is 0 Å². The molecule has 0 radical (unpaired) electrons. The van der Waals surface area contributed by atoms with Crippen molar-refractivity contribution in [2.75, 3.05) is 32.7 Å². The zero-order valence-corrected chi connectivity index (χ0v) is 22.7. The van der Waals surface area contributed by atoms with E-state index in [2.05, 4.69) is 26.0 Å². The van der Waals surface area contributed by atoms with Gasteiger partial charge in [-0.3, -0.25) is 9.78 Å². The number of nitrogens with zero attached hydrogens (tertiary/aromatic N) is 4. The Hall–Kier alpha value is -3.34. The van der Waals surface area contributed by atoms with E-state index in [1.165, 1.54) is 0 Å². The van der Waals surface area contributed by atoms with E-state index in [-0.39, 0.29) is 12.5 Å². The molecule has 0 aliphatic heterocycles. The van der Waals surface area contributed by atoms with Crippen LogP contribution in [-0.2, 0) is 14.3 Å². The minimum atomic E-state index is -0.902. The molecule has 3 aromatic heterocycles. The zero-order valence-electron chi connectivity index (χ0n) is 21.1. The highest BCUT2D eigenvalue weighted by Crippen LogP contribution is 2.46. The van der Waals surface area contributed by atoms with Crippen molar-refractivity contribution in [1.29, 1.82) is 0 Å². The van der Waals surface area contributed by atoms with Gasteiger partial charge in [0, 0.05) is 35.9 Å². The molecular formula is C28H30BrN5O4. The van der Waals surface area contributed by atoms with Gasteiger partial charge in [-0.1, -0.05) is 36.4 Å². The van der Waals surface area contributed by atoms with Gasteiger partial charge in [0.2, 0.25) is 0 Å². The quantitative estimate of drug-likeness (QED) is 0.259. The first kappa shape index (κ1) is 26.3. The van der Waals surface area contributed by atoms with Crippen molar-refractivity contribution in [3.05, 3.63) is 65.0 Å². The molecule has 9 nitrogen and oxygen atoms in total. The number of pyridine rings is 1. The van der Waals surface area contributed by atoms with Gasteiger partial charge >= 0.3 is 5.97 Å². The van der Waals surface area contributed by atoms with Crippen molar-refractivity contribution in [3.8, 4) is 22.4 Å². The van der Waals surface area contributed by atoms with Crippen molar-refractivity contribution in [1.82, 2.24) is 19.6 Å². The Kier molecular flexibility index (Phi) is 7.73. The Morgan fingerprint density at radius 3 is 2.55 bits per heavy atom. The van der Waals surface area contributed by atoms with E-state index < -0.39 is 11.4 Å². The summed E-state index contributed by atoms with van der Waals surface area (Å²) in [6.07, 6.45) is 5.90. The van der Waals surface area contributed by atoms with Gasteiger partial charge in [0.25, 0.3) is 0 Å². The molecule has 3 heterocycles. The molecule has 0 spiro atoms. The van der Waals surface area contributed by atoms with Crippen LogP contribution in [0.2, 0.25) is 0 Å². The topological polar surface area (TPSA) is 125 Å². The van der Waals surface area contributed by atoms with Crippen molar-refractivity contribution >= 4 is 33.4 Å². The summed E-state index contributed by atoms with van der Waals surface area (Å²) in [5.74, 6) is -0.299. The molecule has 0 saturated heterocycles. The molecule has 0 unspecified atom stereocenters. The first-order valence-electron chi connectivity index (χ1n) is 12.6. The lowest BCUT2D eigenvalue weighted by Gasteiger charge is -2.36. The molecule has 198 valence electrons. The fourth-order valence-corrected chi connectivity index (χ4v) is 5.67. The van der Waals surface area contributed by atoms with Crippen molar-refractivity contribution < 1.29 is 19.4 Å². The molecule has 3 N–H and O–H groups in total. The van der Waals surface area contributed by atoms with Crippen LogP contribution in [0.1, 0.15) is 37.3 Å². The Bertz CT molecular complexity index is 1420. The second kappa shape index (κ2) is 11.2. The lowest BCUT2D eigenvalue weighted by molar-refractivity contribution is -0.156. The molecule has 1 aromatic carbocycles. The average Bonchev–Trinajstić information content (AvgIpc) is 3.38. The van der Waals surface area contributed by atoms with Gasteiger partial charge in [-0.2, -0.15) is 9.61 Å². The molecule has 0 amide bonds. The zero-order chi connectivity index (χ0) is 26.7. The molecular weight excluding hydrogens is 550 g/mol. The van der Waals surface area contributed by atoms with Gasteiger partial charge in [-0.15, -0.1) is 0 Å². The molecule has 5 rings (SSSR count). The summed E-state index contributed by atoms with van der Waals surface area (Å²) in [6.45, 7) is 0.986. The standard InChI is InChI=1S/C28H30BrN5O4/c1-37-13-14-38-17-28(27(35)36)11-9-19(10-12-28)24-23(29)25(30)34-26(33-24)21(16-32-34)20-7-8-22(31-15-20)18-5-3-2-4-6-18/h2-8,15-16,19H,9-14,17,30H2,1H3,(H,35,36)/t19-,28+. The SMILES string of the molecule is COCCOC[C@]1(C(=O)O)CC[C@@H](c2nc3c(-c4ccc(-c5ccccc5)nc4)cnn3c(N)c2Br)CC1. The number of anilines is 1. The maximum absolute atomic E-state index is 12.2. The van der Waals surface area contributed by atoms with E-state index in [1.54, 1.807) is 17.8 Å². The second-order valence-electron chi connectivity index (χ2n) is 9.69. The first-order valence-corrected chi connectivity index (χ1v) is 13.4. The van der Waals surface area contributed by atoms with E-state index in [9.17, 15) is 9.90 Å². The minimum Gasteiger partial charge on any atom is -0.481 e. The summed E-state index contributed by atoms with van der Waals surface area (Å²) in [5, 5.41) is 14.5. The molecule has 4 aromatic rings. The van der Waals surface area contributed by atoms with Gasteiger partial charge in [0.15, 0.2) is 5.65 Å². The number of fused-ring (bicyclic) bond motifs is 1. The number of ether oxygens (including phenoxy) is 2. The maximum Gasteiger partial charge on any atom is 0.311 e. The van der Waals surface area contributed by atoms with E-state index in [4.69, 9.17) is 20.2 Å². The highest BCUT2D eigenvalue weighted by molar-refractivity contribution is 9.10. The van der Waals surface area contributed by atoms with Crippen LogP contribution in [-0.4, -0.2) is 57.6 Å². The number of rotatable bonds is 9. The number of hydrogen-bond donors (Lipinski definition) is 2. The normalized spacial score (nSPS) is 19.6. The number of halogens is 1. The first-order chi connectivity index (χ1) is 18.4. The predicted molar refractivity (Wildman–Crippen MR) is 148 cm³/mol. The Balaban J connectivity index is 1.41. The minimum absolute atomic E-state index is 0.0597. The van der Waals surface area contributed by atoms with Gasteiger partial charge in [0.1, 0.15) is 5.82 Å². The van der Waals surface area contributed by atoms with Crippen LogP contribution < -0.4 is 5.73 Å². The number of benzene rings is 1. The van der Waals surface area contributed by atoms with Gasteiger partial charge in [-0.25, -0.2) is 4.98 Å². The number of nitrogens with two attached hydrogens (primary N) is 1. The van der Waals surface area contributed by atoms with Crippen molar-refractivity contribution in [2.24, 2.45) is 5.41 Å². The van der Waals surface area contributed by atoms with Gasteiger partial charge < -0.3 is 20.3 Å². The summed E-state index contributed by atoms with van der Waals surface area (Å²) in [6, 6.07) is 14.0. The van der Waals surface area contributed by atoms with E-state index in [0.717, 1.165) is 28.1 Å². The van der Waals surface area contributed by atoms with Gasteiger partial charge in [-0.05, 0) is 47.7 Å². The predicted octanol–water partition coefficient (Wildman–Crippen LogP) is 5.19. The monoisotopic (exact) mass is 579 g/mol. The van der Waals surface area contributed by atoms with Crippen LogP contribution >= 0.6 is 15.9 Å². The summed E-state index contributed by atoms with van der Waals surface area (Å²) >= 11 is 3.64. The number of carboxylic acids is 1. The van der Waals surface area contributed by atoms with Crippen molar-refractivity contribution in [3.63, 3.8) is 0 Å². The number of carboxylic acid groups (broad SMARTS) is 1. The summed E-state index contributed by atoms with van der Waals surface area (Å²) in [4.78, 5) is 21.8. The van der Waals surface area contributed by atoms with Gasteiger partial charge in [0.05, 0.1) is 47.3 Å². The van der Waals surface area contributed by atoms with E-state index >= 15 is 0 Å². The Morgan fingerprint density at radius 2 is 1.89 bits per heavy atom. The highest BCUT2D eigenvalue weighted by Gasteiger charge is 2.43. The third-order valence-electron chi connectivity index (χ3n) is 7.39. The number of carbonyl (C=O) groups is 1. The molecule has 1 aliphatic rings. The summed E-state index contributed by atoms with van der Waals surface area (Å²) in [7, 11) is 1.59. The van der Waals surface area contributed by atoms with Crippen LogP contribution in [0.5, 0.6) is 0 Å². The lowest BCUT2D eigenvalue weighted by Crippen LogP contribution is -2.39. The third-order valence-corrected chi connectivity index (χ3v) is 8.20. The fraction of sp³-hybridized carbons (Fsp3) is 0.357. The Labute approximate surface area is 229 Å². The smallest absolute Gasteiger partial charge is 0.311 e. The summed E-state index contributed by atoms with van der Waals surface area (Å²) in [5.41, 5.74) is 10.7. The fourth-order valence-electron chi connectivity index (χ4n) is 5.09. The third kappa shape index (κ3) is 5.03. The number of nitrogen functional groups attached to an aromatic ring is 1. The number of hydrogen-bond acceptors (Lipinski definition) is 7. The van der Waals surface area contributed by atoms with E-state index in [0.29, 0.717) is 54.8 Å². The average molecular weight is 580 g/mol. The molecule has 0 bridgehead atoms. The lowest BCUT2D eigenvalue weighted by atomic mass is 9.70. The number of aliphatic carboxylic acids is 1. The molecule has 0 atom stereocenters. The van der Waals surface area contributed by atoms with Crippen LogP contribution in [0.15, 0.2) is 59.3 Å². The molecule has 1 saturated carbocycles. The Morgan fingerprint density at radius 1 is 1.13 bits per heavy atom. The molecule has 10 heteroatoms. The van der Waals surface area contributed by atoms with Crippen LogP contribution in [0.4, 0.5) is 5.82 Å². The second-order valence-corrected chi connectivity index (χ2v) is 10.5. The van der Waals surface area contributed by atoms with Crippen LogP contribution in [0, 0.1) is 5.41 Å². The summed E-state index contributed by atoms with van der Waals surface area (Å²) < 4.78 is 13.0. The molecule has 1 fully saturated rings. The highest BCUT2D eigenvalue weighted by atomic mass is 79.9. The van der Waals surface area contributed by atoms with Crippen LogP contribution in [0.25, 0.3) is 28.0 Å². The molecule has 1 aliphatic carbocycles. The van der Waals surface area contributed by atoms with Crippen molar-refractivity contribution in [2.45, 2.75) is 31.6 Å². The molecule has 38 heavy (non-hydrogen) atoms. The largest absolute Gasteiger partial charge is 0.481 e. The number of aromatic nitrogens is 4. The van der Waals surface area contributed by atoms with E-state index in [1.807, 2.05) is 48.7 Å².